The van der Waals surface area contributed by atoms with Crippen molar-refractivity contribution in [2.75, 3.05) is 44.6 Å². The number of hydrogen-bond acceptors (Lipinski definition) is 3. The first-order valence-electron chi connectivity index (χ1n) is 9.87. The minimum atomic E-state index is -2.46. The van der Waals surface area contributed by atoms with Gasteiger partial charge >= 0.3 is 0 Å². The number of hydrogen-bond donors (Lipinski definition) is 1. The van der Waals surface area contributed by atoms with E-state index >= 15 is 0 Å². The van der Waals surface area contributed by atoms with Gasteiger partial charge in [0.2, 0.25) is 11.8 Å². The Bertz CT molecular complexity index is 650. The van der Waals surface area contributed by atoms with Crippen LogP contribution < -0.4 is 5.32 Å². The third-order valence-corrected chi connectivity index (χ3v) is 5.89. The van der Waals surface area contributed by atoms with Crippen molar-refractivity contribution in [3.8, 4) is 0 Å². The average Bonchev–Trinajstić information content (AvgIpc) is 2.61. The fourth-order valence-corrected chi connectivity index (χ4v) is 4.18. The summed E-state index contributed by atoms with van der Waals surface area (Å²) in [6.45, 7) is 4.46. The highest BCUT2D eigenvalue weighted by Crippen LogP contribution is 2.37. The lowest BCUT2D eigenvalue weighted by atomic mass is 9.84. The van der Waals surface area contributed by atoms with Gasteiger partial charge < -0.3 is 10.2 Å². The van der Waals surface area contributed by atoms with Gasteiger partial charge in [-0.05, 0) is 49.9 Å². The summed E-state index contributed by atoms with van der Waals surface area (Å²) in [5.74, 6) is -2.74. The summed E-state index contributed by atoms with van der Waals surface area (Å²) in [5.41, 5.74) is 0.353. The summed E-state index contributed by atoms with van der Waals surface area (Å²) < 4.78 is 39.8. The molecular formula is C20H27ClF3N3O. The van der Waals surface area contributed by atoms with E-state index in [1.165, 1.54) is 18.2 Å². The van der Waals surface area contributed by atoms with Gasteiger partial charge in [-0.1, -0.05) is 11.6 Å². The molecule has 0 spiro atoms. The molecule has 1 heterocycles. The van der Waals surface area contributed by atoms with Crippen LogP contribution in [0.15, 0.2) is 18.2 Å². The van der Waals surface area contributed by atoms with Gasteiger partial charge in [0.15, 0.2) is 0 Å². The lowest BCUT2D eigenvalue weighted by Crippen LogP contribution is -2.49. The van der Waals surface area contributed by atoms with Crippen molar-refractivity contribution >= 4 is 23.2 Å². The quantitative estimate of drug-likeness (QED) is 0.751. The fraction of sp³-hybridized carbons (Fsp3) is 0.650. The molecule has 8 heteroatoms. The molecule has 0 bridgehead atoms. The van der Waals surface area contributed by atoms with Gasteiger partial charge in [0.05, 0.1) is 6.54 Å². The summed E-state index contributed by atoms with van der Waals surface area (Å²) in [6.07, 6.45) is 2.26. The molecule has 4 nitrogen and oxygen atoms in total. The molecule has 1 aliphatic heterocycles. The van der Waals surface area contributed by atoms with Crippen LogP contribution in [0.5, 0.6) is 0 Å². The first-order chi connectivity index (χ1) is 13.3. The predicted molar refractivity (Wildman–Crippen MR) is 104 cm³/mol. The lowest BCUT2D eigenvalue weighted by Gasteiger charge is -2.35. The molecule has 1 aliphatic carbocycles. The Kier molecular flexibility index (Phi) is 7.23. The number of anilines is 1. The van der Waals surface area contributed by atoms with Crippen LogP contribution in [0.2, 0.25) is 5.02 Å². The normalized spacial score (nSPS) is 21.6. The first kappa shape index (κ1) is 21.4. The van der Waals surface area contributed by atoms with E-state index < -0.39 is 11.7 Å². The lowest BCUT2D eigenvalue weighted by molar-refractivity contribution is -0.117. The Morgan fingerprint density at radius 1 is 1.11 bits per heavy atom. The van der Waals surface area contributed by atoms with Crippen molar-refractivity contribution in [2.24, 2.45) is 5.92 Å². The van der Waals surface area contributed by atoms with Gasteiger partial charge in [-0.2, -0.15) is 0 Å². The molecule has 2 aliphatic rings. The second-order valence-electron chi connectivity index (χ2n) is 7.91. The molecule has 28 heavy (non-hydrogen) atoms. The second-order valence-corrected chi connectivity index (χ2v) is 8.35. The zero-order valence-corrected chi connectivity index (χ0v) is 16.7. The van der Waals surface area contributed by atoms with E-state index in [2.05, 4.69) is 15.1 Å². The molecule has 2 fully saturated rings. The summed E-state index contributed by atoms with van der Waals surface area (Å²) in [4.78, 5) is 16.6. The number of nitrogens with zero attached hydrogens (tertiary/aromatic N) is 2. The zero-order valence-electron chi connectivity index (χ0n) is 15.9. The number of benzene rings is 1. The average molecular weight is 418 g/mol. The molecule has 3 rings (SSSR count). The Morgan fingerprint density at radius 2 is 1.75 bits per heavy atom. The number of piperazine rings is 1. The maximum Gasteiger partial charge on any atom is 0.248 e. The van der Waals surface area contributed by atoms with Crippen LogP contribution in [0.3, 0.4) is 0 Å². The maximum atomic E-state index is 13.3. The Balaban J connectivity index is 1.34. The molecule has 0 radical (unpaired) electrons. The Labute approximate surface area is 169 Å². The largest absolute Gasteiger partial charge is 0.325 e. The second kappa shape index (κ2) is 9.46. The van der Waals surface area contributed by atoms with Gasteiger partial charge in [-0.3, -0.25) is 9.69 Å². The van der Waals surface area contributed by atoms with Crippen LogP contribution in [-0.2, 0) is 4.79 Å². The van der Waals surface area contributed by atoms with E-state index in [-0.39, 0.29) is 30.3 Å². The van der Waals surface area contributed by atoms with Gasteiger partial charge in [-0.25, -0.2) is 13.2 Å². The van der Waals surface area contributed by atoms with Crippen LogP contribution in [-0.4, -0.2) is 60.9 Å². The van der Waals surface area contributed by atoms with Gasteiger partial charge in [0.25, 0.3) is 0 Å². The van der Waals surface area contributed by atoms with E-state index in [0.29, 0.717) is 24.4 Å². The molecule has 156 valence electrons. The molecule has 1 aromatic rings. The molecule has 0 atom stereocenters. The van der Waals surface area contributed by atoms with Crippen molar-refractivity contribution in [1.29, 1.82) is 0 Å². The van der Waals surface area contributed by atoms with Crippen molar-refractivity contribution in [3.63, 3.8) is 0 Å². The van der Waals surface area contributed by atoms with Crippen molar-refractivity contribution in [3.05, 3.63) is 29.0 Å². The van der Waals surface area contributed by atoms with Crippen molar-refractivity contribution < 1.29 is 18.0 Å². The van der Waals surface area contributed by atoms with E-state index in [4.69, 9.17) is 11.6 Å². The van der Waals surface area contributed by atoms with E-state index in [1.807, 2.05) is 0 Å². The van der Waals surface area contributed by atoms with E-state index in [0.717, 1.165) is 39.1 Å². The smallest absolute Gasteiger partial charge is 0.248 e. The summed E-state index contributed by atoms with van der Waals surface area (Å²) in [5, 5.41) is 2.92. The number of halogens is 4. The van der Waals surface area contributed by atoms with Crippen LogP contribution in [0, 0.1) is 11.7 Å². The summed E-state index contributed by atoms with van der Waals surface area (Å²) in [6, 6.07) is 3.94. The topological polar surface area (TPSA) is 35.6 Å². The van der Waals surface area contributed by atoms with Crippen LogP contribution in [0.4, 0.5) is 18.9 Å². The minimum Gasteiger partial charge on any atom is -0.325 e. The molecule has 0 aromatic heterocycles. The third kappa shape index (κ3) is 6.64. The minimum absolute atomic E-state index is 0.0249. The Morgan fingerprint density at radius 3 is 2.39 bits per heavy atom. The van der Waals surface area contributed by atoms with Gasteiger partial charge in [-0.15, -0.1) is 0 Å². The number of nitrogens with one attached hydrogen (secondary N) is 1. The summed E-state index contributed by atoms with van der Waals surface area (Å²) >= 11 is 5.80. The molecular weight excluding hydrogens is 391 g/mol. The zero-order chi connectivity index (χ0) is 20.1. The Hall–Kier alpha value is -1.31. The van der Waals surface area contributed by atoms with Crippen LogP contribution in [0.25, 0.3) is 0 Å². The number of carbonyl (C=O) groups excluding carboxylic acids is 1. The monoisotopic (exact) mass is 417 g/mol. The van der Waals surface area contributed by atoms with E-state index in [9.17, 15) is 18.0 Å². The highest BCUT2D eigenvalue weighted by atomic mass is 35.5. The van der Waals surface area contributed by atoms with Gasteiger partial charge in [0.1, 0.15) is 5.82 Å². The number of rotatable bonds is 6. The highest BCUT2D eigenvalue weighted by molar-refractivity contribution is 6.30. The molecule has 1 saturated carbocycles. The SMILES string of the molecule is O=C(CN1CCN(CCC2CCC(F)(F)CC2)CC1)Nc1cc(F)cc(Cl)c1. The fourth-order valence-electron chi connectivity index (χ4n) is 3.95. The molecule has 1 N–H and O–H groups in total. The highest BCUT2D eigenvalue weighted by Gasteiger charge is 2.34. The molecule has 1 amide bonds. The number of alkyl halides is 2. The third-order valence-electron chi connectivity index (χ3n) is 5.67. The van der Waals surface area contributed by atoms with Gasteiger partial charge in [0, 0.05) is 49.7 Å². The first-order valence-corrected chi connectivity index (χ1v) is 10.3. The van der Waals surface area contributed by atoms with E-state index in [1.54, 1.807) is 0 Å². The molecule has 1 saturated heterocycles. The van der Waals surface area contributed by atoms with Crippen molar-refractivity contribution in [2.45, 2.75) is 38.0 Å². The maximum absolute atomic E-state index is 13.3. The van der Waals surface area contributed by atoms with Crippen LogP contribution in [0.1, 0.15) is 32.1 Å². The summed E-state index contributed by atoms with van der Waals surface area (Å²) in [7, 11) is 0. The van der Waals surface area contributed by atoms with Crippen molar-refractivity contribution in [1.82, 2.24) is 9.80 Å². The standard InChI is InChI=1S/C20H27ClF3N3O/c21-16-11-17(22)13-18(12-16)25-19(28)14-27-9-7-26(8-10-27)6-3-15-1-4-20(23,24)5-2-15/h11-13,15H,1-10,14H2,(H,25,28). The number of amides is 1. The molecule has 1 aromatic carbocycles. The van der Waals surface area contributed by atoms with Crippen LogP contribution >= 0.6 is 11.6 Å². The molecule has 0 unspecified atom stereocenters. The number of carbonyl (C=O) groups is 1. The predicted octanol–water partition coefficient (Wildman–Crippen LogP) is 4.25.